The fourth-order valence-electron chi connectivity index (χ4n) is 2.97. The van der Waals surface area contributed by atoms with Gasteiger partial charge in [-0.2, -0.15) is 0 Å². The molecule has 2 heterocycles. The first-order valence-electron chi connectivity index (χ1n) is 5.74. The van der Waals surface area contributed by atoms with Gasteiger partial charge in [-0.15, -0.1) is 11.3 Å². The lowest BCUT2D eigenvalue weighted by atomic mass is 10.1. The number of rotatable bonds is 3. The summed E-state index contributed by atoms with van der Waals surface area (Å²) in [6.07, 6.45) is 3.99. The number of thiophene rings is 1. The number of piperidine rings is 1. The van der Waals surface area contributed by atoms with Crippen molar-refractivity contribution >= 4 is 33.0 Å². The summed E-state index contributed by atoms with van der Waals surface area (Å²) in [6.45, 7) is 1.75. The van der Waals surface area contributed by atoms with Crippen LogP contribution in [0.2, 0.25) is 0 Å². The van der Waals surface area contributed by atoms with Crippen LogP contribution in [-0.2, 0) is 0 Å². The van der Waals surface area contributed by atoms with Crippen molar-refractivity contribution in [2.75, 3.05) is 13.1 Å². The molecule has 1 aromatic heterocycles. The van der Waals surface area contributed by atoms with E-state index in [1.165, 1.54) is 30.6 Å². The normalized spacial score (nSPS) is 28.8. The van der Waals surface area contributed by atoms with Gasteiger partial charge in [-0.25, -0.2) is 0 Å². The van der Waals surface area contributed by atoms with Crippen molar-refractivity contribution in [3.8, 4) is 0 Å². The minimum Gasteiger partial charge on any atom is -0.293 e. The second-order valence-electron chi connectivity index (χ2n) is 4.78. The van der Waals surface area contributed by atoms with Crippen LogP contribution in [-0.4, -0.2) is 29.8 Å². The second kappa shape index (κ2) is 4.24. The van der Waals surface area contributed by atoms with E-state index in [1.54, 1.807) is 0 Å². The molecule has 1 aliphatic heterocycles. The van der Waals surface area contributed by atoms with Crippen LogP contribution in [0.4, 0.5) is 0 Å². The largest absolute Gasteiger partial charge is 0.293 e. The number of Topliss-reactive ketones (excluding diaryl/α,β-unsaturated/α-hetero) is 1. The number of halogens is 1. The molecule has 0 aromatic carbocycles. The Morgan fingerprint density at radius 3 is 3.00 bits per heavy atom. The lowest BCUT2D eigenvalue weighted by molar-refractivity contribution is 0.0908. The van der Waals surface area contributed by atoms with Crippen molar-refractivity contribution in [1.82, 2.24) is 4.90 Å². The summed E-state index contributed by atoms with van der Waals surface area (Å²) in [7, 11) is 0. The monoisotopic (exact) mass is 299 g/mol. The van der Waals surface area contributed by atoms with Crippen molar-refractivity contribution in [3.05, 3.63) is 20.8 Å². The molecule has 0 N–H and O–H groups in total. The molecule has 1 aromatic rings. The lowest BCUT2D eigenvalue weighted by Crippen LogP contribution is -2.36. The summed E-state index contributed by atoms with van der Waals surface area (Å²) in [5.41, 5.74) is 0. The van der Waals surface area contributed by atoms with Crippen molar-refractivity contribution in [1.29, 1.82) is 0 Å². The molecule has 3 rings (SSSR count). The number of nitrogens with zero attached hydrogens (tertiary/aromatic N) is 1. The highest BCUT2D eigenvalue weighted by Crippen LogP contribution is 2.37. The zero-order valence-electron chi connectivity index (χ0n) is 8.99. The number of hydrogen-bond donors (Lipinski definition) is 0. The van der Waals surface area contributed by atoms with Gasteiger partial charge in [-0.1, -0.05) is 0 Å². The zero-order chi connectivity index (χ0) is 11.1. The van der Waals surface area contributed by atoms with Gasteiger partial charge in [0.05, 0.1) is 11.4 Å². The number of fused-ring (bicyclic) bond motifs is 2. The van der Waals surface area contributed by atoms with E-state index in [0.717, 1.165) is 21.8 Å². The SMILES string of the molecule is O=C(CN1CC2CCC1C2)c1sccc1Br. The van der Waals surface area contributed by atoms with Gasteiger partial charge in [0.2, 0.25) is 0 Å². The van der Waals surface area contributed by atoms with E-state index in [-0.39, 0.29) is 5.78 Å². The molecule has 1 saturated carbocycles. The molecule has 2 unspecified atom stereocenters. The molecule has 2 bridgehead atoms. The van der Waals surface area contributed by atoms with Crippen LogP contribution < -0.4 is 0 Å². The Labute approximate surface area is 108 Å². The predicted molar refractivity (Wildman–Crippen MR) is 69.1 cm³/mol. The summed E-state index contributed by atoms with van der Waals surface area (Å²) in [6, 6.07) is 2.64. The number of carbonyl (C=O) groups is 1. The Balaban J connectivity index is 1.67. The average molecular weight is 300 g/mol. The summed E-state index contributed by atoms with van der Waals surface area (Å²) >= 11 is 4.97. The van der Waals surface area contributed by atoms with Crippen molar-refractivity contribution in [2.45, 2.75) is 25.3 Å². The minimum absolute atomic E-state index is 0.273. The Bertz CT molecular complexity index is 417. The maximum atomic E-state index is 12.1. The molecular weight excluding hydrogens is 286 g/mol. The molecule has 2 atom stereocenters. The first kappa shape index (κ1) is 10.9. The van der Waals surface area contributed by atoms with Gasteiger partial charge in [0.25, 0.3) is 0 Å². The molecule has 2 aliphatic rings. The van der Waals surface area contributed by atoms with Gasteiger partial charge in [0.1, 0.15) is 0 Å². The van der Waals surface area contributed by atoms with E-state index in [2.05, 4.69) is 20.8 Å². The molecule has 2 fully saturated rings. The Hall–Kier alpha value is -0.190. The van der Waals surface area contributed by atoms with Gasteiger partial charge in [-0.3, -0.25) is 9.69 Å². The fourth-order valence-corrected chi connectivity index (χ4v) is 4.49. The van der Waals surface area contributed by atoms with Gasteiger partial charge >= 0.3 is 0 Å². The summed E-state index contributed by atoms with van der Waals surface area (Å²) in [4.78, 5) is 15.4. The van der Waals surface area contributed by atoms with Crippen molar-refractivity contribution in [3.63, 3.8) is 0 Å². The highest BCUT2D eigenvalue weighted by atomic mass is 79.9. The van der Waals surface area contributed by atoms with Gasteiger partial charge < -0.3 is 0 Å². The van der Waals surface area contributed by atoms with E-state index >= 15 is 0 Å². The summed E-state index contributed by atoms with van der Waals surface area (Å²) < 4.78 is 0.951. The maximum Gasteiger partial charge on any atom is 0.187 e. The van der Waals surface area contributed by atoms with Crippen LogP contribution in [0.1, 0.15) is 28.9 Å². The third kappa shape index (κ3) is 1.87. The van der Waals surface area contributed by atoms with Gasteiger partial charge in [0, 0.05) is 17.1 Å². The van der Waals surface area contributed by atoms with Crippen LogP contribution in [0.15, 0.2) is 15.9 Å². The zero-order valence-corrected chi connectivity index (χ0v) is 11.4. The van der Waals surface area contributed by atoms with Crippen molar-refractivity contribution in [2.24, 2.45) is 5.92 Å². The van der Waals surface area contributed by atoms with Crippen LogP contribution in [0.5, 0.6) is 0 Å². The molecule has 1 aliphatic carbocycles. The first-order chi connectivity index (χ1) is 7.74. The molecule has 86 valence electrons. The minimum atomic E-state index is 0.273. The molecule has 16 heavy (non-hydrogen) atoms. The van der Waals surface area contributed by atoms with E-state index in [9.17, 15) is 4.79 Å². The third-order valence-electron chi connectivity index (χ3n) is 3.74. The smallest absolute Gasteiger partial charge is 0.187 e. The van der Waals surface area contributed by atoms with E-state index in [0.29, 0.717) is 12.6 Å². The molecule has 0 spiro atoms. The standard InChI is InChI=1S/C12H14BrNOS/c13-10-3-4-16-12(10)11(15)7-14-6-8-1-2-9(14)5-8/h3-4,8-9H,1-2,5-7H2. The summed E-state index contributed by atoms with van der Waals surface area (Å²) in [5, 5.41) is 1.97. The van der Waals surface area contributed by atoms with Crippen LogP contribution in [0, 0.1) is 5.92 Å². The van der Waals surface area contributed by atoms with E-state index in [4.69, 9.17) is 0 Å². The van der Waals surface area contributed by atoms with Crippen molar-refractivity contribution < 1.29 is 4.79 Å². The predicted octanol–water partition coefficient (Wildman–Crippen LogP) is 3.18. The van der Waals surface area contributed by atoms with Crippen LogP contribution in [0.25, 0.3) is 0 Å². The Morgan fingerprint density at radius 2 is 2.44 bits per heavy atom. The van der Waals surface area contributed by atoms with Gasteiger partial charge in [0.15, 0.2) is 5.78 Å². The molecule has 2 nitrogen and oxygen atoms in total. The molecule has 4 heteroatoms. The number of hydrogen-bond acceptors (Lipinski definition) is 3. The summed E-state index contributed by atoms with van der Waals surface area (Å²) in [5.74, 6) is 1.14. The van der Waals surface area contributed by atoms with E-state index in [1.807, 2.05) is 11.4 Å². The lowest BCUT2D eigenvalue weighted by Gasteiger charge is -2.25. The quantitative estimate of drug-likeness (QED) is 0.799. The first-order valence-corrected chi connectivity index (χ1v) is 7.41. The topological polar surface area (TPSA) is 20.3 Å². The second-order valence-corrected chi connectivity index (χ2v) is 6.55. The highest BCUT2D eigenvalue weighted by Gasteiger charge is 2.38. The maximum absolute atomic E-state index is 12.1. The highest BCUT2D eigenvalue weighted by molar-refractivity contribution is 9.10. The molecule has 0 amide bonds. The third-order valence-corrected chi connectivity index (χ3v) is 5.62. The number of likely N-dealkylation sites (tertiary alicyclic amines) is 1. The molecule has 0 radical (unpaired) electrons. The Kier molecular flexibility index (Phi) is 2.90. The molecule has 1 saturated heterocycles. The van der Waals surface area contributed by atoms with Crippen LogP contribution >= 0.6 is 27.3 Å². The number of carbonyl (C=O) groups excluding carboxylic acids is 1. The Morgan fingerprint density at radius 1 is 1.56 bits per heavy atom. The average Bonchev–Trinajstić information content (AvgIpc) is 2.92. The van der Waals surface area contributed by atoms with Gasteiger partial charge in [-0.05, 0) is 52.6 Å². The number of ketones is 1. The fraction of sp³-hybridized carbons (Fsp3) is 0.583. The van der Waals surface area contributed by atoms with E-state index < -0.39 is 0 Å². The van der Waals surface area contributed by atoms with Crippen LogP contribution in [0.3, 0.4) is 0 Å². The molecular formula is C12H14BrNOS.